The Morgan fingerprint density at radius 1 is 1.44 bits per heavy atom. The van der Waals surface area contributed by atoms with Gasteiger partial charge in [-0.3, -0.25) is 0 Å². The molecule has 1 aliphatic rings. The third-order valence-corrected chi connectivity index (χ3v) is 2.73. The molecule has 1 nitrogen and oxygen atoms in total. The summed E-state index contributed by atoms with van der Waals surface area (Å²) in [4.78, 5) is 0. The first kappa shape index (κ1) is 7.79. The summed E-state index contributed by atoms with van der Waals surface area (Å²) in [7, 11) is 0. The van der Waals surface area contributed by atoms with Crippen LogP contribution in [0.15, 0.2) is 0 Å². The van der Waals surface area contributed by atoms with E-state index in [-0.39, 0.29) is 0 Å². The van der Waals surface area contributed by atoms with E-state index >= 15 is 0 Å². The van der Waals surface area contributed by atoms with Gasteiger partial charge in [0, 0.05) is 36.0 Å². The van der Waals surface area contributed by atoms with Gasteiger partial charge in [0.1, 0.15) is 0 Å². The average molecular weight is 239 g/mol. The van der Waals surface area contributed by atoms with Crippen LogP contribution in [0.25, 0.3) is 0 Å². The van der Waals surface area contributed by atoms with E-state index in [0.29, 0.717) is 0 Å². The minimum Gasteiger partial charge on any atom is -0.247 e. The molecule has 0 aromatic rings. The number of rotatable bonds is 0. The molecule has 0 saturated carbocycles. The van der Waals surface area contributed by atoms with Gasteiger partial charge in [-0.1, -0.05) is 13.3 Å². The first-order chi connectivity index (χ1) is 4.29. The van der Waals surface area contributed by atoms with Gasteiger partial charge in [0.2, 0.25) is 0 Å². The summed E-state index contributed by atoms with van der Waals surface area (Å²) >= 11 is 2.43. The molecule has 1 rings (SSSR count). The molecule has 0 N–H and O–H groups in total. The van der Waals surface area contributed by atoms with E-state index in [9.17, 15) is 0 Å². The highest BCUT2D eigenvalue weighted by molar-refractivity contribution is 14.1. The van der Waals surface area contributed by atoms with Crippen LogP contribution in [0, 0.1) is 5.92 Å². The summed E-state index contributed by atoms with van der Waals surface area (Å²) in [5.41, 5.74) is 0. The molecule has 1 heterocycles. The lowest BCUT2D eigenvalue weighted by Crippen LogP contribution is -2.16. The third-order valence-electron chi connectivity index (χ3n) is 1.86. The van der Waals surface area contributed by atoms with Crippen molar-refractivity contribution in [3.05, 3.63) is 0 Å². The van der Waals surface area contributed by atoms with Gasteiger partial charge in [0.25, 0.3) is 0 Å². The maximum atomic E-state index is 2.43. The molecule has 0 aromatic carbocycles. The van der Waals surface area contributed by atoms with Gasteiger partial charge < -0.3 is 0 Å². The van der Waals surface area contributed by atoms with E-state index in [4.69, 9.17) is 0 Å². The van der Waals surface area contributed by atoms with Crippen LogP contribution >= 0.6 is 22.9 Å². The molecule has 1 aliphatic heterocycles. The molecular weight excluding hydrogens is 225 g/mol. The highest BCUT2D eigenvalue weighted by atomic mass is 127. The second-order valence-corrected chi connectivity index (χ2v) is 4.33. The van der Waals surface area contributed by atoms with Crippen molar-refractivity contribution in [2.24, 2.45) is 5.92 Å². The van der Waals surface area contributed by atoms with Crippen LogP contribution in [-0.4, -0.2) is 16.2 Å². The van der Waals surface area contributed by atoms with Crippen LogP contribution in [-0.2, 0) is 0 Å². The van der Waals surface area contributed by atoms with Gasteiger partial charge in [-0.05, 0) is 18.8 Å². The number of halogens is 1. The molecule has 1 unspecified atom stereocenters. The Bertz CT molecular complexity index is 75.0. The second kappa shape index (κ2) is 3.76. The number of nitrogens with zero attached hydrogens (tertiary/aromatic N) is 1. The molecule has 0 spiro atoms. The van der Waals surface area contributed by atoms with Gasteiger partial charge in [-0.15, -0.1) is 0 Å². The predicted octanol–water partition coefficient (Wildman–Crippen LogP) is 2.46. The maximum absolute atomic E-state index is 2.43. The first-order valence-electron chi connectivity index (χ1n) is 3.70. The lowest BCUT2D eigenvalue weighted by atomic mass is 10.1. The molecule has 0 aliphatic carbocycles. The van der Waals surface area contributed by atoms with Crippen LogP contribution in [0.3, 0.4) is 0 Å². The summed E-state index contributed by atoms with van der Waals surface area (Å²) in [6, 6.07) is 0. The number of hydrogen-bond acceptors (Lipinski definition) is 1. The zero-order valence-electron chi connectivity index (χ0n) is 5.94. The first-order valence-corrected chi connectivity index (χ1v) is 4.66. The fraction of sp³-hybridized carbons (Fsp3) is 1.00. The molecule has 1 fully saturated rings. The van der Waals surface area contributed by atoms with Crippen molar-refractivity contribution < 1.29 is 0 Å². The summed E-state index contributed by atoms with van der Waals surface area (Å²) < 4.78 is 2.41. The van der Waals surface area contributed by atoms with Crippen LogP contribution in [0.5, 0.6) is 0 Å². The van der Waals surface area contributed by atoms with Crippen molar-refractivity contribution in [1.82, 2.24) is 3.11 Å². The SMILES string of the molecule is CC1CCCCN(I)C1. The van der Waals surface area contributed by atoms with Gasteiger partial charge in [0.05, 0.1) is 0 Å². The topological polar surface area (TPSA) is 3.24 Å². The van der Waals surface area contributed by atoms with Crippen molar-refractivity contribution >= 4 is 22.9 Å². The second-order valence-electron chi connectivity index (χ2n) is 2.97. The molecule has 0 radical (unpaired) electrons. The lowest BCUT2D eigenvalue weighted by Gasteiger charge is -2.12. The average Bonchev–Trinajstić information content (AvgIpc) is 1.93. The maximum Gasteiger partial charge on any atom is 0.0201 e. The molecule has 1 atom stereocenters. The molecule has 9 heavy (non-hydrogen) atoms. The zero-order valence-corrected chi connectivity index (χ0v) is 8.10. The van der Waals surface area contributed by atoms with E-state index in [1.54, 1.807) is 0 Å². The molecular formula is C7H14IN. The van der Waals surface area contributed by atoms with Crippen LogP contribution in [0.4, 0.5) is 0 Å². The van der Waals surface area contributed by atoms with E-state index in [1.807, 2.05) is 0 Å². The largest absolute Gasteiger partial charge is 0.247 e. The molecule has 2 heteroatoms. The molecule has 0 amide bonds. The zero-order chi connectivity index (χ0) is 6.69. The van der Waals surface area contributed by atoms with Crippen LogP contribution in [0.2, 0.25) is 0 Å². The van der Waals surface area contributed by atoms with Crippen molar-refractivity contribution in [2.45, 2.75) is 26.2 Å². The minimum absolute atomic E-state index is 0.921. The summed E-state index contributed by atoms with van der Waals surface area (Å²) in [6.45, 7) is 4.93. The van der Waals surface area contributed by atoms with E-state index < -0.39 is 0 Å². The normalized spacial score (nSPS) is 32.0. The Kier molecular flexibility index (Phi) is 3.26. The van der Waals surface area contributed by atoms with Crippen LogP contribution in [0.1, 0.15) is 26.2 Å². The lowest BCUT2D eigenvalue weighted by molar-refractivity contribution is 0.446. The Labute approximate surface area is 71.3 Å². The Hall–Kier alpha value is 0.690. The highest BCUT2D eigenvalue weighted by Crippen LogP contribution is 2.17. The highest BCUT2D eigenvalue weighted by Gasteiger charge is 2.10. The van der Waals surface area contributed by atoms with Gasteiger partial charge in [-0.25, -0.2) is 3.11 Å². The summed E-state index contributed by atoms with van der Waals surface area (Å²) in [5.74, 6) is 0.921. The minimum atomic E-state index is 0.921. The van der Waals surface area contributed by atoms with Crippen LogP contribution < -0.4 is 0 Å². The standard InChI is InChI=1S/C7H14IN/c1-7-4-2-3-5-9(8)6-7/h7H,2-6H2,1H3. The predicted molar refractivity (Wildman–Crippen MR) is 48.6 cm³/mol. The van der Waals surface area contributed by atoms with Crippen molar-refractivity contribution in [3.8, 4) is 0 Å². The van der Waals surface area contributed by atoms with Gasteiger partial charge >= 0.3 is 0 Å². The molecule has 0 aromatic heterocycles. The molecule has 1 saturated heterocycles. The van der Waals surface area contributed by atoms with Crippen molar-refractivity contribution in [2.75, 3.05) is 13.1 Å². The van der Waals surface area contributed by atoms with E-state index in [1.165, 1.54) is 32.4 Å². The molecule has 54 valence electrons. The Morgan fingerprint density at radius 2 is 2.22 bits per heavy atom. The fourth-order valence-electron chi connectivity index (χ4n) is 1.30. The van der Waals surface area contributed by atoms with Crippen molar-refractivity contribution in [3.63, 3.8) is 0 Å². The summed E-state index contributed by atoms with van der Waals surface area (Å²) in [5, 5.41) is 0. The van der Waals surface area contributed by atoms with E-state index in [2.05, 4.69) is 32.9 Å². The third kappa shape index (κ3) is 2.85. The monoisotopic (exact) mass is 239 g/mol. The van der Waals surface area contributed by atoms with Crippen molar-refractivity contribution in [1.29, 1.82) is 0 Å². The summed E-state index contributed by atoms with van der Waals surface area (Å²) in [6.07, 6.45) is 4.26. The van der Waals surface area contributed by atoms with E-state index in [0.717, 1.165) is 5.92 Å². The molecule has 0 bridgehead atoms. The number of hydrogen-bond donors (Lipinski definition) is 0. The smallest absolute Gasteiger partial charge is 0.0201 e. The quantitative estimate of drug-likeness (QED) is 0.463. The Balaban J connectivity index is 2.29. The van der Waals surface area contributed by atoms with Gasteiger partial charge in [-0.2, -0.15) is 0 Å². The van der Waals surface area contributed by atoms with Gasteiger partial charge in [0.15, 0.2) is 0 Å². The Morgan fingerprint density at radius 3 is 3.00 bits per heavy atom. The fourth-order valence-corrected chi connectivity index (χ4v) is 2.31.